The molecular formula is C11H21NS. The molecule has 2 heteroatoms. The van der Waals surface area contributed by atoms with Crippen molar-refractivity contribution in [2.24, 2.45) is 0 Å². The molecule has 1 saturated carbocycles. The fourth-order valence-electron chi connectivity index (χ4n) is 1.99. The number of thiol groups is 1. The van der Waals surface area contributed by atoms with Crippen molar-refractivity contribution in [3.8, 4) is 0 Å². The van der Waals surface area contributed by atoms with E-state index < -0.39 is 0 Å². The van der Waals surface area contributed by atoms with E-state index in [-0.39, 0.29) is 0 Å². The van der Waals surface area contributed by atoms with Crippen LogP contribution in [0.3, 0.4) is 0 Å². The van der Waals surface area contributed by atoms with E-state index in [1.54, 1.807) is 0 Å². The maximum Gasteiger partial charge on any atom is 0.0163 e. The minimum absolute atomic E-state index is 0.832. The Balaban J connectivity index is 2.20. The molecule has 0 heterocycles. The summed E-state index contributed by atoms with van der Waals surface area (Å²) in [6, 6.07) is 0.832. The highest BCUT2D eigenvalue weighted by Crippen LogP contribution is 2.21. The van der Waals surface area contributed by atoms with Gasteiger partial charge in [-0.05, 0) is 19.9 Å². The smallest absolute Gasteiger partial charge is 0.0163 e. The lowest BCUT2D eigenvalue weighted by molar-refractivity contribution is 0.209. The van der Waals surface area contributed by atoms with Crippen LogP contribution in [0.1, 0.15) is 32.1 Å². The second kappa shape index (κ2) is 6.50. The van der Waals surface area contributed by atoms with Crippen LogP contribution in [0.5, 0.6) is 0 Å². The molecule has 13 heavy (non-hydrogen) atoms. The molecule has 0 aromatic carbocycles. The van der Waals surface area contributed by atoms with E-state index in [1.807, 2.05) is 0 Å². The zero-order chi connectivity index (χ0) is 9.52. The third-order valence-corrected chi connectivity index (χ3v) is 3.07. The van der Waals surface area contributed by atoms with Gasteiger partial charge < -0.3 is 0 Å². The molecule has 0 saturated heterocycles. The number of likely N-dealkylation sites (N-methyl/N-ethyl adjacent to an activating group) is 1. The van der Waals surface area contributed by atoms with Crippen LogP contribution in [0.4, 0.5) is 0 Å². The van der Waals surface area contributed by atoms with Crippen LogP contribution in [0, 0.1) is 0 Å². The first-order chi connectivity index (χ1) is 6.34. The average molecular weight is 199 g/mol. The first kappa shape index (κ1) is 11.1. The summed E-state index contributed by atoms with van der Waals surface area (Å²) >= 11 is 4.14. The average Bonchev–Trinajstić information content (AvgIpc) is 2.19. The quantitative estimate of drug-likeness (QED) is 0.538. The minimum atomic E-state index is 0.832. The van der Waals surface area contributed by atoms with E-state index in [1.165, 1.54) is 32.1 Å². The Morgan fingerprint density at radius 3 is 2.54 bits per heavy atom. The van der Waals surface area contributed by atoms with E-state index in [9.17, 15) is 0 Å². The van der Waals surface area contributed by atoms with Crippen LogP contribution in [-0.4, -0.2) is 30.3 Å². The fraction of sp³-hybridized carbons (Fsp3) is 0.818. The summed E-state index contributed by atoms with van der Waals surface area (Å²) in [5, 5.41) is 0. The molecule has 0 unspecified atom stereocenters. The van der Waals surface area contributed by atoms with Gasteiger partial charge in [-0.15, -0.1) is 0 Å². The van der Waals surface area contributed by atoms with Crippen LogP contribution in [0.25, 0.3) is 0 Å². The fourth-order valence-corrected chi connectivity index (χ4v) is 2.14. The number of nitrogens with zero attached hydrogens (tertiary/aromatic N) is 1. The predicted octanol–water partition coefficient (Wildman–Crippen LogP) is 2.74. The summed E-state index contributed by atoms with van der Waals surface area (Å²) in [5.41, 5.74) is 0. The van der Waals surface area contributed by atoms with E-state index in [4.69, 9.17) is 0 Å². The first-order valence-electron chi connectivity index (χ1n) is 5.30. The van der Waals surface area contributed by atoms with Crippen molar-refractivity contribution in [3.05, 3.63) is 12.2 Å². The topological polar surface area (TPSA) is 3.24 Å². The van der Waals surface area contributed by atoms with Gasteiger partial charge in [-0.3, -0.25) is 4.90 Å². The number of hydrogen-bond acceptors (Lipinski definition) is 2. The zero-order valence-electron chi connectivity index (χ0n) is 8.58. The molecule has 0 aromatic heterocycles. The molecule has 1 aliphatic rings. The van der Waals surface area contributed by atoms with Gasteiger partial charge in [-0.1, -0.05) is 31.4 Å². The van der Waals surface area contributed by atoms with E-state index in [0.29, 0.717) is 0 Å². The van der Waals surface area contributed by atoms with Crippen molar-refractivity contribution in [3.63, 3.8) is 0 Å². The van der Waals surface area contributed by atoms with Gasteiger partial charge in [0.25, 0.3) is 0 Å². The third-order valence-electron chi connectivity index (χ3n) is 2.86. The van der Waals surface area contributed by atoms with Crippen molar-refractivity contribution in [2.75, 3.05) is 19.3 Å². The Labute approximate surface area is 87.6 Å². The molecule has 0 spiro atoms. The Morgan fingerprint density at radius 2 is 1.92 bits per heavy atom. The van der Waals surface area contributed by atoms with Crippen molar-refractivity contribution < 1.29 is 0 Å². The number of hydrogen-bond donors (Lipinski definition) is 1. The summed E-state index contributed by atoms with van der Waals surface area (Å²) < 4.78 is 0. The van der Waals surface area contributed by atoms with Crippen LogP contribution >= 0.6 is 12.6 Å². The Morgan fingerprint density at radius 1 is 1.23 bits per heavy atom. The lowest BCUT2D eigenvalue weighted by Gasteiger charge is -2.30. The molecule has 0 N–H and O–H groups in total. The molecule has 1 aliphatic carbocycles. The van der Waals surface area contributed by atoms with Crippen molar-refractivity contribution >= 4 is 12.6 Å². The monoisotopic (exact) mass is 199 g/mol. The third kappa shape index (κ3) is 4.19. The van der Waals surface area contributed by atoms with Crippen molar-refractivity contribution in [1.82, 2.24) is 4.90 Å². The van der Waals surface area contributed by atoms with E-state index >= 15 is 0 Å². The van der Waals surface area contributed by atoms with Gasteiger partial charge in [0.05, 0.1) is 0 Å². The lowest BCUT2D eigenvalue weighted by Crippen LogP contribution is -2.33. The van der Waals surface area contributed by atoms with Gasteiger partial charge in [0.1, 0.15) is 0 Å². The van der Waals surface area contributed by atoms with Gasteiger partial charge in [0.15, 0.2) is 0 Å². The Bertz CT molecular complexity index is 150. The molecule has 0 bridgehead atoms. The molecule has 0 radical (unpaired) electrons. The van der Waals surface area contributed by atoms with Crippen LogP contribution in [-0.2, 0) is 0 Å². The predicted molar refractivity (Wildman–Crippen MR) is 62.5 cm³/mol. The summed E-state index contributed by atoms with van der Waals surface area (Å²) in [6.45, 7) is 1.09. The van der Waals surface area contributed by atoms with Gasteiger partial charge in [0.2, 0.25) is 0 Å². The van der Waals surface area contributed by atoms with Crippen molar-refractivity contribution in [1.29, 1.82) is 0 Å². The second-order valence-corrected chi connectivity index (χ2v) is 4.25. The van der Waals surface area contributed by atoms with Crippen LogP contribution < -0.4 is 0 Å². The Kier molecular flexibility index (Phi) is 5.56. The molecule has 1 rings (SSSR count). The maximum atomic E-state index is 4.14. The van der Waals surface area contributed by atoms with Crippen LogP contribution in [0.2, 0.25) is 0 Å². The molecule has 0 aliphatic heterocycles. The molecule has 1 fully saturated rings. The molecule has 0 amide bonds. The van der Waals surface area contributed by atoms with Gasteiger partial charge >= 0.3 is 0 Å². The molecule has 1 nitrogen and oxygen atoms in total. The first-order valence-corrected chi connectivity index (χ1v) is 5.94. The maximum absolute atomic E-state index is 4.14. The minimum Gasteiger partial charge on any atom is -0.300 e. The highest BCUT2D eigenvalue weighted by molar-refractivity contribution is 7.80. The van der Waals surface area contributed by atoms with Gasteiger partial charge in [-0.2, -0.15) is 12.6 Å². The van der Waals surface area contributed by atoms with Gasteiger partial charge in [0, 0.05) is 18.3 Å². The molecule has 76 valence electrons. The second-order valence-electron chi connectivity index (χ2n) is 3.89. The number of rotatable bonds is 4. The molecule has 0 aromatic rings. The SMILES string of the molecule is CN(CC=CCS)C1CCCCC1. The highest BCUT2D eigenvalue weighted by Gasteiger charge is 2.16. The van der Waals surface area contributed by atoms with E-state index in [2.05, 4.69) is 36.7 Å². The highest BCUT2D eigenvalue weighted by atomic mass is 32.1. The van der Waals surface area contributed by atoms with Crippen LogP contribution in [0.15, 0.2) is 12.2 Å². The zero-order valence-corrected chi connectivity index (χ0v) is 9.47. The summed E-state index contributed by atoms with van der Waals surface area (Å²) in [6.07, 6.45) is 11.4. The molecule has 0 atom stereocenters. The van der Waals surface area contributed by atoms with Gasteiger partial charge in [-0.25, -0.2) is 0 Å². The summed E-state index contributed by atoms with van der Waals surface area (Å²) in [4.78, 5) is 2.47. The summed E-state index contributed by atoms with van der Waals surface area (Å²) in [7, 11) is 2.23. The van der Waals surface area contributed by atoms with E-state index in [0.717, 1.165) is 18.3 Å². The largest absolute Gasteiger partial charge is 0.300 e. The molecular weight excluding hydrogens is 178 g/mol. The Hall–Kier alpha value is 0.0500. The normalized spacial score (nSPS) is 20.2. The summed E-state index contributed by atoms with van der Waals surface area (Å²) in [5.74, 6) is 0.860. The lowest BCUT2D eigenvalue weighted by atomic mass is 9.94. The van der Waals surface area contributed by atoms with Crippen molar-refractivity contribution in [2.45, 2.75) is 38.1 Å². The standard InChI is InChI=1S/C11H21NS/c1-12(9-5-6-10-13)11-7-3-2-4-8-11/h5-6,11,13H,2-4,7-10H2,1H3.